The van der Waals surface area contributed by atoms with E-state index in [4.69, 9.17) is 4.74 Å². The molecule has 20 heavy (non-hydrogen) atoms. The van der Waals surface area contributed by atoms with Crippen LogP contribution in [0.25, 0.3) is 0 Å². The van der Waals surface area contributed by atoms with E-state index in [1.807, 2.05) is 0 Å². The average molecular weight is 300 g/mol. The third-order valence-corrected chi connectivity index (χ3v) is 3.48. The van der Waals surface area contributed by atoms with Gasteiger partial charge in [0, 0.05) is 18.8 Å². The van der Waals surface area contributed by atoms with Crippen LogP contribution in [-0.4, -0.2) is 19.7 Å². The summed E-state index contributed by atoms with van der Waals surface area (Å²) in [6.07, 6.45) is 6.43. The Labute approximate surface area is 130 Å². The van der Waals surface area contributed by atoms with Crippen molar-refractivity contribution < 1.29 is 4.74 Å². The summed E-state index contributed by atoms with van der Waals surface area (Å²) in [5.74, 6) is 0.992. The summed E-state index contributed by atoms with van der Waals surface area (Å²) in [5, 5.41) is 0. The van der Waals surface area contributed by atoms with Crippen LogP contribution in [0.15, 0.2) is 24.3 Å². The van der Waals surface area contributed by atoms with Crippen LogP contribution in [0.4, 0.5) is 5.69 Å². The highest BCUT2D eigenvalue weighted by Crippen LogP contribution is 2.19. The molecule has 0 radical (unpaired) electrons. The maximum atomic E-state index is 5.77. The Hall–Kier alpha value is -0.890. The molecular formula is C17H30ClNO. The van der Waals surface area contributed by atoms with Gasteiger partial charge in [-0.15, -0.1) is 12.4 Å². The van der Waals surface area contributed by atoms with Gasteiger partial charge < -0.3 is 9.64 Å². The molecule has 0 amide bonds. The highest BCUT2D eigenvalue weighted by molar-refractivity contribution is 5.85. The first-order chi connectivity index (χ1) is 9.31. The van der Waals surface area contributed by atoms with Gasteiger partial charge in [0.05, 0.1) is 6.61 Å². The van der Waals surface area contributed by atoms with Crippen molar-refractivity contribution in [3.8, 4) is 5.75 Å². The van der Waals surface area contributed by atoms with Crippen molar-refractivity contribution in [3.05, 3.63) is 24.3 Å². The fourth-order valence-electron chi connectivity index (χ4n) is 2.24. The van der Waals surface area contributed by atoms with Crippen molar-refractivity contribution in [2.24, 2.45) is 0 Å². The Bertz CT molecular complexity index is 322. The molecule has 0 saturated carbocycles. The lowest BCUT2D eigenvalue weighted by molar-refractivity contribution is 0.304. The van der Waals surface area contributed by atoms with E-state index >= 15 is 0 Å². The standard InChI is InChI=1S/C17H29NO.ClH/c1-4-7-8-9-10-15-19-17-13-11-16(12-14-17)18(5-2)6-3;/h11-14H,4-10,15H2,1-3H3;1H. The molecule has 0 fully saturated rings. The summed E-state index contributed by atoms with van der Waals surface area (Å²) in [7, 11) is 0. The van der Waals surface area contributed by atoms with Crippen LogP contribution < -0.4 is 9.64 Å². The van der Waals surface area contributed by atoms with Gasteiger partial charge in [-0.25, -0.2) is 0 Å². The minimum Gasteiger partial charge on any atom is -0.494 e. The minimum absolute atomic E-state index is 0. The molecular weight excluding hydrogens is 270 g/mol. The third kappa shape index (κ3) is 7.04. The van der Waals surface area contributed by atoms with Crippen LogP contribution in [0.3, 0.4) is 0 Å². The van der Waals surface area contributed by atoms with Gasteiger partial charge in [0.2, 0.25) is 0 Å². The number of anilines is 1. The van der Waals surface area contributed by atoms with E-state index < -0.39 is 0 Å². The van der Waals surface area contributed by atoms with Crippen molar-refractivity contribution in [2.75, 3.05) is 24.6 Å². The zero-order valence-corrected chi connectivity index (χ0v) is 14.0. The Morgan fingerprint density at radius 1 is 0.850 bits per heavy atom. The molecule has 0 heterocycles. The quantitative estimate of drug-likeness (QED) is 0.543. The zero-order chi connectivity index (χ0) is 13.9. The van der Waals surface area contributed by atoms with Crippen molar-refractivity contribution in [3.63, 3.8) is 0 Å². The molecule has 0 spiro atoms. The fraction of sp³-hybridized carbons (Fsp3) is 0.647. The van der Waals surface area contributed by atoms with Crippen LogP contribution in [0.5, 0.6) is 5.75 Å². The second kappa shape index (κ2) is 11.9. The van der Waals surface area contributed by atoms with Gasteiger partial charge >= 0.3 is 0 Å². The van der Waals surface area contributed by atoms with Gasteiger partial charge in [-0.05, 0) is 44.5 Å². The van der Waals surface area contributed by atoms with Crippen LogP contribution >= 0.6 is 12.4 Å². The van der Waals surface area contributed by atoms with Gasteiger partial charge in [0.1, 0.15) is 5.75 Å². The maximum absolute atomic E-state index is 5.77. The number of halogens is 1. The molecule has 1 aromatic carbocycles. The minimum atomic E-state index is 0. The second-order valence-corrected chi connectivity index (χ2v) is 4.93. The Morgan fingerprint density at radius 2 is 1.45 bits per heavy atom. The second-order valence-electron chi connectivity index (χ2n) is 4.93. The number of benzene rings is 1. The highest BCUT2D eigenvalue weighted by atomic mass is 35.5. The first kappa shape index (κ1) is 19.1. The molecule has 0 aliphatic rings. The topological polar surface area (TPSA) is 12.5 Å². The molecule has 3 heteroatoms. The lowest BCUT2D eigenvalue weighted by Crippen LogP contribution is -2.21. The summed E-state index contributed by atoms with van der Waals surface area (Å²) < 4.78 is 5.77. The van der Waals surface area contributed by atoms with Crippen molar-refractivity contribution in [1.29, 1.82) is 0 Å². The van der Waals surface area contributed by atoms with Crippen LogP contribution in [-0.2, 0) is 0 Å². The van der Waals surface area contributed by atoms with Crippen LogP contribution in [0.1, 0.15) is 52.9 Å². The van der Waals surface area contributed by atoms with E-state index in [1.165, 1.54) is 31.4 Å². The predicted molar refractivity (Wildman–Crippen MR) is 91.5 cm³/mol. The van der Waals surface area contributed by atoms with E-state index in [-0.39, 0.29) is 12.4 Å². The molecule has 116 valence electrons. The molecule has 0 bridgehead atoms. The van der Waals surface area contributed by atoms with Gasteiger partial charge in [-0.1, -0.05) is 32.6 Å². The van der Waals surface area contributed by atoms with Crippen molar-refractivity contribution in [2.45, 2.75) is 52.9 Å². The predicted octanol–water partition coefficient (Wildman–Crippen LogP) is 5.30. The molecule has 0 aliphatic carbocycles. The molecule has 0 unspecified atom stereocenters. The third-order valence-electron chi connectivity index (χ3n) is 3.48. The van der Waals surface area contributed by atoms with E-state index in [0.717, 1.165) is 31.9 Å². The monoisotopic (exact) mass is 299 g/mol. The largest absolute Gasteiger partial charge is 0.494 e. The normalized spacial score (nSPS) is 9.95. The number of rotatable bonds is 10. The smallest absolute Gasteiger partial charge is 0.119 e. The number of hydrogen-bond donors (Lipinski definition) is 0. The van der Waals surface area contributed by atoms with Gasteiger partial charge in [-0.2, -0.15) is 0 Å². The van der Waals surface area contributed by atoms with Crippen molar-refractivity contribution >= 4 is 18.1 Å². The number of ether oxygens (including phenoxy) is 1. The van der Waals surface area contributed by atoms with E-state index in [9.17, 15) is 0 Å². The summed E-state index contributed by atoms with van der Waals surface area (Å²) in [4.78, 5) is 2.34. The maximum Gasteiger partial charge on any atom is 0.119 e. The van der Waals surface area contributed by atoms with Crippen molar-refractivity contribution in [1.82, 2.24) is 0 Å². The number of nitrogens with zero attached hydrogens (tertiary/aromatic N) is 1. The number of hydrogen-bond acceptors (Lipinski definition) is 2. The zero-order valence-electron chi connectivity index (χ0n) is 13.2. The van der Waals surface area contributed by atoms with Crippen LogP contribution in [0.2, 0.25) is 0 Å². The summed E-state index contributed by atoms with van der Waals surface area (Å²) >= 11 is 0. The van der Waals surface area contributed by atoms with E-state index in [2.05, 4.69) is 49.9 Å². The highest BCUT2D eigenvalue weighted by Gasteiger charge is 2.01. The lowest BCUT2D eigenvalue weighted by atomic mass is 10.2. The Kier molecular flexibility index (Phi) is 11.4. The Balaban J connectivity index is 0.00000361. The van der Waals surface area contributed by atoms with E-state index in [0.29, 0.717) is 0 Å². The fourth-order valence-corrected chi connectivity index (χ4v) is 2.24. The molecule has 0 saturated heterocycles. The summed E-state index contributed by atoms with van der Waals surface area (Å²) in [5.41, 5.74) is 1.28. The SMILES string of the molecule is CCCCCCCOc1ccc(N(CC)CC)cc1.Cl. The first-order valence-corrected chi connectivity index (χ1v) is 7.79. The van der Waals surface area contributed by atoms with Gasteiger partial charge in [0.15, 0.2) is 0 Å². The number of unbranched alkanes of at least 4 members (excludes halogenated alkanes) is 4. The first-order valence-electron chi connectivity index (χ1n) is 7.79. The van der Waals surface area contributed by atoms with Gasteiger partial charge in [-0.3, -0.25) is 0 Å². The average Bonchev–Trinajstić information content (AvgIpc) is 2.45. The molecule has 2 nitrogen and oxygen atoms in total. The van der Waals surface area contributed by atoms with Crippen LogP contribution in [0, 0.1) is 0 Å². The molecule has 0 aliphatic heterocycles. The molecule has 1 rings (SSSR count). The summed E-state index contributed by atoms with van der Waals surface area (Å²) in [6, 6.07) is 8.47. The molecule has 0 atom stereocenters. The van der Waals surface area contributed by atoms with E-state index in [1.54, 1.807) is 0 Å². The molecule has 0 aromatic heterocycles. The molecule has 1 aromatic rings. The Morgan fingerprint density at radius 3 is 2.00 bits per heavy atom. The van der Waals surface area contributed by atoms with Gasteiger partial charge in [0.25, 0.3) is 0 Å². The molecule has 0 N–H and O–H groups in total. The lowest BCUT2D eigenvalue weighted by Gasteiger charge is -2.21. The summed E-state index contributed by atoms with van der Waals surface area (Å²) in [6.45, 7) is 9.55.